The minimum Gasteiger partial charge on any atom is -0.488 e. The minimum absolute atomic E-state index is 0.209. The molecule has 0 amide bonds. The lowest BCUT2D eigenvalue weighted by Gasteiger charge is -2.23. The molecule has 0 atom stereocenters. The lowest BCUT2D eigenvalue weighted by Crippen LogP contribution is -2.23. The Morgan fingerprint density at radius 3 is 2.43 bits per heavy atom. The molecule has 14 heavy (non-hydrogen) atoms. The fraction of sp³-hybridized carbons (Fsp3) is 0.417. The fourth-order valence-corrected chi connectivity index (χ4v) is 1.21. The Morgan fingerprint density at radius 2 is 1.93 bits per heavy atom. The Labute approximate surface area is 85.5 Å². The quantitative estimate of drug-likeness (QED) is 0.782. The molecule has 0 saturated carbocycles. The molecular weight excluding hydrogens is 176 g/mol. The number of hydrogen-bond acceptors (Lipinski definition) is 2. The number of benzene rings is 1. The van der Waals surface area contributed by atoms with Gasteiger partial charge in [0.15, 0.2) is 0 Å². The predicted molar refractivity (Wildman–Crippen MR) is 56.9 cm³/mol. The third-order valence-corrected chi connectivity index (χ3v) is 1.88. The minimum atomic E-state index is -0.209. The molecule has 0 aromatic heterocycles. The maximum atomic E-state index is 8.96. The van der Waals surface area contributed by atoms with Crippen LogP contribution in [0.15, 0.2) is 18.2 Å². The van der Waals surface area contributed by atoms with Crippen molar-refractivity contribution in [3.05, 3.63) is 35.9 Å². The van der Waals surface area contributed by atoms with Crippen LogP contribution in [0.3, 0.4) is 0 Å². The Morgan fingerprint density at radius 1 is 1.29 bits per heavy atom. The second-order valence-corrected chi connectivity index (χ2v) is 4.31. The molecule has 0 aliphatic rings. The van der Waals surface area contributed by atoms with E-state index in [1.807, 2.05) is 45.9 Å². The Balaban J connectivity index is 2.98. The molecule has 1 N–H and O–H groups in total. The van der Waals surface area contributed by atoms with E-state index in [1.165, 1.54) is 0 Å². The van der Waals surface area contributed by atoms with Crippen LogP contribution in [0.25, 0.3) is 0 Å². The Bertz CT molecular complexity index is 311. The third-order valence-electron chi connectivity index (χ3n) is 1.88. The van der Waals surface area contributed by atoms with E-state index in [0.29, 0.717) is 0 Å². The first-order chi connectivity index (χ1) is 6.44. The van der Waals surface area contributed by atoms with Crippen LogP contribution in [0.5, 0.6) is 5.75 Å². The molecule has 0 spiro atoms. The van der Waals surface area contributed by atoms with E-state index >= 15 is 0 Å². The number of aliphatic hydroxyl groups excluding tert-OH is 1. The van der Waals surface area contributed by atoms with Crippen molar-refractivity contribution in [2.75, 3.05) is 0 Å². The molecule has 1 aromatic carbocycles. The smallest absolute Gasteiger partial charge is 0.123 e. The van der Waals surface area contributed by atoms with Crippen LogP contribution in [0.4, 0.5) is 0 Å². The van der Waals surface area contributed by atoms with Crippen LogP contribution in [-0.4, -0.2) is 10.7 Å². The van der Waals surface area contributed by atoms with Gasteiger partial charge in [-0.15, -0.1) is 0 Å². The monoisotopic (exact) mass is 193 g/mol. The molecular formula is C12H17O2. The standard InChI is InChI=1S/C12H17O2/c1-9-10(8-13)6-5-7-11(9)14-12(2,3)4/h5-8,13H,1-4H3. The second-order valence-electron chi connectivity index (χ2n) is 4.31. The van der Waals surface area contributed by atoms with Gasteiger partial charge in [0.05, 0.1) is 0 Å². The highest BCUT2D eigenvalue weighted by molar-refractivity contribution is 5.41. The van der Waals surface area contributed by atoms with Crippen molar-refractivity contribution < 1.29 is 9.84 Å². The molecule has 0 aliphatic carbocycles. The van der Waals surface area contributed by atoms with Crippen LogP contribution in [0, 0.1) is 13.5 Å². The van der Waals surface area contributed by atoms with Gasteiger partial charge >= 0.3 is 0 Å². The number of hydrogen-bond donors (Lipinski definition) is 1. The van der Waals surface area contributed by atoms with Crippen LogP contribution in [-0.2, 0) is 0 Å². The summed E-state index contributed by atoms with van der Waals surface area (Å²) in [5.74, 6) is 0.820. The highest BCUT2D eigenvalue weighted by atomic mass is 16.5. The van der Waals surface area contributed by atoms with Gasteiger partial charge in [-0.05, 0) is 44.9 Å². The van der Waals surface area contributed by atoms with Crippen LogP contribution < -0.4 is 4.74 Å². The van der Waals surface area contributed by atoms with Crippen molar-refractivity contribution in [3.63, 3.8) is 0 Å². The average Bonchev–Trinajstić information content (AvgIpc) is 2.06. The zero-order valence-corrected chi connectivity index (χ0v) is 9.16. The van der Waals surface area contributed by atoms with Gasteiger partial charge in [-0.1, -0.05) is 12.1 Å². The van der Waals surface area contributed by atoms with Crippen molar-refractivity contribution >= 4 is 0 Å². The highest BCUT2D eigenvalue weighted by Crippen LogP contribution is 2.25. The molecule has 2 nitrogen and oxygen atoms in total. The average molecular weight is 193 g/mol. The normalized spacial score (nSPS) is 11.5. The highest BCUT2D eigenvalue weighted by Gasteiger charge is 2.14. The summed E-state index contributed by atoms with van der Waals surface area (Å²) >= 11 is 0. The van der Waals surface area contributed by atoms with Crippen molar-refractivity contribution in [3.8, 4) is 5.75 Å². The van der Waals surface area contributed by atoms with Gasteiger partial charge in [-0.2, -0.15) is 0 Å². The van der Waals surface area contributed by atoms with E-state index in [2.05, 4.69) is 0 Å². The summed E-state index contributed by atoms with van der Waals surface area (Å²) in [5.41, 5.74) is 1.55. The maximum Gasteiger partial charge on any atom is 0.123 e. The molecule has 0 saturated heterocycles. The fourth-order valence-electron chi connectivity index (χ4n) is 1.21. The third kappa shape index (κ3) is 2.74. The van der Waals surface area contributed by atoms with E-state index in [4.69, 9.17) is 9.84 Å². The zero-order valence-electron chi connectivity index (χ0n) is 9.16. The molecule has 0 fully saturated rings. The van der Waals surface area contributed by atoms with Gasteiger partial charge in [0.25, 0.3) is 0 Å². The summed E-state index contributed by atoms with van der Waals surface area (Å²) < 4.78 is 5.74. The van der Waals surface area contributed by atoms with E-state index in [1.54, 1.807) is 0 Å². The summed E-state index contributed by atoms with van der Waals surface area (Å²) in [6.45, 7) is 9.04. The molecule has 1 rings (SSSR count). The van der Waals surface area contributed by atoms with Gasteiger partial charge in [-0.25, -0.2) is 0 Å². The lowest BCUT2D eigenvalue weighted by atomic mass is 10.1. The van der Waals surface area contributed by atoms with Crippen molar-refractivity contribution in [2.45, 2.75) is 33.3 Å². The molecule has 0 aliphatic heterocycles. The van der Waals surface area contributed by atoms with Crippen LogP contribution >= 0.6 is 0 Å². The lowest BCUT2D eigenvalue weighted by molar-refractivity contribution is 0.129. The largest absolute Gasteiger partial charge is 0.488 e. The summed E-state index contributed by atoms with van der Waals surface area (Å²) in [6.07, 6.45) is 0. The number of ether oxygens (including phenoxy) is 1. The topological polar surface area (TPSA) is 29.5 Å². The molecule has 77 valence electrons. The molecule has 0 heterocycles. The molecule has 1 aromatic rings. The van der Waals surface area contributed by atoms with Crippen molar-refractivity contribution in [2.24, 2.45) is 0 Å². The van der Waals surface area contributed by atoms with Crippen molar-refractivity contribution in [1.29, 1.82) is 0 Å². The first kappa shape index (κ1) is 11.1. The van der Waals surface area contributed by atoms with Gasteiger partial charge in [0.1, 0.15) is 18.0 Å². The summed E-state index contributed by atoms with van der Waals surface area (Å²) in [5, 5.41) is 8.96. The second kappa shape index (κ2) is 4.01. The molecule has 0 bridgehead atoms. The molecule has 2 heteroatoms. The molecule has 1 radical (unpaired) electrons. The first-order valence-electron chi connectivity index (χ1n) is 4.70. The van der Waals surface area contributed by atoms with E-state index < -0.39 is 0 Å². The summed E-state index contributed by atoms with van der Waals surface area (Å²) in [7, 11) is 0. The zero-order chi connectivity index (χ0) is 10.8. The van der Waals surface area contributed by atoms with Crippen molar-refractivity contribution in [1.82, 2.24) is 0 Å². The van der Waals surface area contributed by atoms with Gasteiger partial charge in [-0.3, -0.25) is 0 Å². The predicted octanol–water partition coefficient (Wildman–Crippen LogP) is 3.05. The number of aliphatic hydroxyl groups is 1. The van der Waals surface area contributed by atoms with Crippen LogP contribution in [0.2, 0.25) is 0 Å². The molecule has 0 unspecified atom stereocenters. The first-order valence-corrected chi connectivity index (χ1v) is 4.70. The van der Waals surface area contributed by atoms with E-state index in [9.17, 15) is 0 Å². The SMILES string of the molecule is Cc1c([CH]O)cccc1OC(C)(C)C. The van der Waals surface area contributed by atoms with E-state index in [-0.39, 0.29) is 5.60 Å². The maximum absolute atomic E-state index is 8.96. The Hall–Kier alpha value is -1.02. The van der Waals surface area contributed by atoms with E-state index in [0.717, 1.165) is 23.5 Å². The summed E-state index contributed by atoms with van der Waals surface area (Å²) in [6, 6.07) is 5.63. The van der Waals surface area contributed by atoms with Gasteiger partial charge < -0.3 is 9.84 Å². The Kier molecular flexibility index (Phi) is 3.17. The summed E-state index contributed by atoms with van der Waals surface area (Å²) in [4.78, 5) is 0. The number of rotatable bonds is 2. The van der Waals surface area contributed by atoms with Crippen LogP contribution in [0.1, 0.15) is 31.9 Å². The van der Waals surface area contributed by atoms with Gasteiger partial charge in [0, 0.05) is 0 Å². The van der Waals surface area contributed by atoms with Gasteiger partial charge in [0.2, 0.25) is 0 Å².